The molecule has 0 saturated carbocycles. The Labute approximate surface area is 256 Å². The van der Waals surface area contributed by atoms with E-state index in [-0.39, 0.29) is 0 Å². The van der Waals surface area contributed by atoms with E-state index in [0.717, 1.165) is 0 Å². The van der Waals surface area contributed by atoms with Crippen LogP contribution in [0, 0.1) is 0 Å². The van der Waals surface area contributed by atoms with Crippen molar-refractivity contribution in [1.82, 2.24) is 0 Å². The predicted octanol–water partition coefficient (Wildman–Crippen LogP) is 12.5. The first-order valence-electron chi connectivity index (χ1n) is 15.3. The first-order valence-corrected chi connectivity index (χ1v) is 15.3. The monoisotopic (exact) mass is 556 g/mol. The van der Waals surface area contributed by atoms with Crippen LogP contribution in [0.4, 0.5) is 0 Å². The molecule has 204 valence electrons. The minimum Gasteiger partial charge on any atom is -0.0616 e. The minimum atomic E-state index is 1.23. The maximum Gasteiger partial charge on any atom is -0.00206 e. The van der Waals surface area contributed by atoms with Gasteiger partial charge in [0.2, 0.25) is 0 Å². The van der Waals surface area contributed by atoms with Gasteiger partial charge in [-0.3, -0.25) is 0 Å². The molecule has 0 heterocycles. The first-order chi connectivity index (χ1) is 21.8. The fourth-order valence-corrected chi connectivity index (χ4v) is 7.02. The highest BCUT2D eigenvalue weighted by molar-refractivity contribution is 6.24. The summed E-state index contributed by atoms with van der Waals surface area (Å²) in [7, 11) is 0. The van der Waals surface area contributed by atoms with Gasteiger partial charge < -0.3 is 0 Å². The Hall–Kier alpha value is -5.72. The Morgan fingerprint density at radius 1 is 0.227 bits per heavy atom. The van der Waals surface area contributed by atoms with Crippen molar-refractivity contribution in [3.05, 3.63) is 170 Å². The van der Waals surface area contributed by atoms with Crippen molar-refractivity contribution >= 4 is 53.9 Å². The third-order valence-electron chi connectivity index (χ3n) is 9.22. The Morgan fingerprint density at radius 2 is 0.773 bits per heavy atom. The fraction of sp³-hybridized carbons (Fsp3) is 0. The second kappa shape index (κ2) is 9.93. The fourth-order valence-electron chi connectivity index (χ4n) is 7.02. The number of rotatable bonds is 3. The standard InChI is InChI=1S/C44H28/c1-4-12-38-31(8-1)11-7-15-39(38)33-20-16-29(17-21-33)34-22-18-30-19-23-36(27-37(30)26-34)43-28-35-10-3-6-14-41(35)44-40-13-5-2-9-32(40)24-25-42(43)44/h1-28H. The summed E-state index contributed by atoms with van der Waals surface area (Å²) in [5.74, 6) is 0. The van der Waals surface area contributed by atoms with Gasteiger partial charge in [0.25, 0.3) is 0 Å². The second-order valence-corrected chi connectivity index (χ2v) is 11.7. The van der Waals surface area contributed by atoms with E-state index in [0.29, 0.717) is 0 Å². The van der Waals surface area contributed by atoms with Gasteiger partial charge >= 0.3 is 0 Å². The Morgan fingerprint density at radius 3 is 1.57 bits per heavy atom. The molecule has 0 heteroatoms. The van der Waals surface area contributed by atoms with Gasteiger partial charge in [-0.1, -0.05) is 152 Å². The average Bonchev–Trinajstić information content (AvgIpc) is 3.10. The van der Waals surface area contributed by atoms with Crippen molar-refractivity contribution in [2.45, 2.75) is 0 Å². The van der Waals surface area contributed by atoms with Gasteiger partial charge in [-0.15, -0.1) is 0 Å². The topological polar surface area (TPSA) is 0 Å². The van der Waals surface area contributed by atoms with Crippen LogP contribution in [-0.4, -0.2) is 0 Å². The average molecular weight is 557 g/mol. The molecule has 0 fully saturated rings. The van der Waals surface area contributed by atoms with Gasteiger partial charge in [0.1, 0.15) is 0 Å². The number of benzene rings is 9. The summed E-state index contributed by atoms with van der Waals surface area (Å²) in [6.45, 7) is 0. The van der Waals surface area contributed by atoms with Crippen LogP contribution in [0.15, 0.2) is 170 Å². The molecule has 0 amide bonds. The van der Waals surface area contributed by atoms with Crippen molar-refractivity contribution in [1.29, 1.82) is 0 Å². The first kappa shape index (κ1) is 24.8. The summed E-state index contributed by atoms with van der Waals surface area (Å²) < 4.78 is 0. The molecule has 0 saturated heterocycles. The molecule has 0 aliphatic rings. The van der Waals surface area contributed by atoms with Crippen molar-refractivity contribution < 1.29 is 0 Å². The van der Waals surface area contributed by atoms with Crippen LogP contribution in [0.25, 0.3) is 87.2 Å². The molecule has 0 unspecified atom stereocenters. The largest absolute Gasteiger partial charge is 0.0616 e. The summed E-state index contributed by atoms with van der Waals surface area (Å²) in [5.41, 5.74) is 7.48. The molecule has 9 rings (SSSR count). The van der Waals surface area contributed by atoms with E-state index in [9.17, 15) is 0 Å². The van der Waals surface area contributed by atoms with Crippen LogP contribution in [0.3, 0.4) is 0 Å². The zero-order valence-electron chi connectivity index (χ0n) is 24.2. The Bertz CT molecular complexity index is 2510. The third kappa shape index (κ3) is 4.00. The van der Waals surface area contributed by atoms with Crippen LogP contribution in [0.1, 0.15) is 0 Å². The number of hydrogen-bond donors (Lipinski definition) is 0. The minimum absolute atomic E-state index is 1.23. The van der Waals surface area contributed by atoms with E-state index >= 15 is 0 Å². The maximum atomic E-state index is 2.36. The van der Waals surface area contributed by atoms with Crippen LogP contribution < -0.4 is 0 Å². The molecule has 0 N–H and O–H groups in total. The van der Waals surface area contributed by atoms with Crippen molar-refractivity contribution in [2.75, 3.05) is 0 Å². The highest BCUT2D eigenvalue weighted by Gasteiger charge is 2.12. The lowest BCUT2D eigenvalue weighted by Crippen LogP contribution is -1.87. The lowest BCUT2D eigenvalue weighted by molar-refractivity contribution is 1.62. The van der Waals surface area contributed by atoms with Gasteiger partial charge in [0.15, 0.2) is 0 Å². The van der Waals surface area contributed by atoms with Crippen LogP contribution in [-0.2, 0) is 0 Å². The van der Waals surface area contributed by atoms with Crippen molar-refractivity contribution in [3.63, 3.8) is 0 Å². The smallest absolute Gasteiger partial charge is 0.00206 e. The van der Waals surface area contributed by atoms with E-state index in [4.69, 9.17) is 0 Å². The Kier molecular flexibility index (Phi) is 5.61. The molecular weight excluding hydrogens is 528 g/mol. The molecule has 0 spiro atoms. The lowest BCUT2D eigenvalue weighted by Gasteiger charge is -2.14. The van der Waals surface area contributed by atoms with Crippen LogP contribution >= 0.6 is 0 Å². The molecule has 0 atom stereocenters. The third-order valence-corrected chi connectivity index (χ3v) is 9.22. The van der Waals surface area contributed by atoms with Gasteiger partial charge in [0, 0.05) is 0 Å². The second-order valence-electron chi connectivity index (χ2n) is 11.7. The Balaban J connectivity index is 1.16. The molecule has 0 bridgehead atoms. The molecule has 9 aromatic carbocycles. The highest BCUT2D eigenvalue weighted by atomic mass is 14.2. The van der Waals surface area contributed by atoms with E-state index in [2.05, 4.69) is 170 Å². The predicted molar refractivity (Wildman–Crippen MR) is 190 cm³/mol. The van der Waals surface area contributed by atoms with E-state index in [1.165, 1.54) is 87.2 Å². The zero-order chi connectivity index (χ0) is 29.0. The van der Waals surface area contributed by atoms with Gasteiger partial charge in [-0.2, -0.15) is 0 Å². The summed E-state index contributed by atoms with van der Waals surface area (Å²) >= 11 is 0. The molecular formula is C44H28. The lowest BCUT2D eigenvalue weighted by atomic mass is 9.89. The van der Waals surface area contributed by atoms with E-state index < -0.39 is 0 Å². The number of hydrogen-bond acceptors (Lipinski definition) is 0. The molecule has 0 aliphatic heterocycles. The molecule has 0 aromatic heterocycles. The van der Waals surface area contributed by atoms with Crippen molar-refractivity contribution in [3.8, 4) is 33.4 Å². The zero-order valence-corrected chi connectivity index (χ0v) is 24.2. The molecule has 9 aromatic rings. The SMILES string of the molecule is c1ccc2c(-c3ccc(-c4ccc5ccc(-c6cc7ccccc7c7c6ccc6ccccc67)cc5c4)cc3)cccc2c1. The van der Waals surface area contributed by atoms with Crippen LogP contribution in [0.5, 0.6) is 0 Å². The summed E-state index contributed by atoms with van der Waals surface area (Å²) in [4.78, 5) is 0. The molecule has 0 radical (unpaired) electrons. The van der Waals surface area contributed by atoms with Gasteiger partial charge in [-0.25, -0.2) is 0 Å². The summed E-state index contributed by atoms with van der Waals surface area (Å²) in [5, 5.41) is 12.8. The molecule has 44 heavy (non-hydrogen) atoms. The molecule has 0 nitrogen and oxygen atoms in total. The normalized spacial score (nSPS) is 11.6. The highest BCUT2D eigenvalue weighted by Crippen LogP contribution is 2.40. The van der Waals surface area contributed by atoms with Crippen molar-refractivity contribution in [2.24, 2.45) is 0 Å². The number of fused-ring (bicyclic) bond motifs is 7. The van der Waals surface area contributed by atoms with E-state index in [1.54, 1.807) is 0 Å². The summed E-state index contributed by atoms with van der Waals surface area (Å²) in [6.07, 6.45) is 0. The maximum absolute atomic E-state index is 2.36. The summed E-state index contributed by atoms with van der Waals surface area (Å²) in [6, 6.07) is 62.3. The quantitative estimate of drug-likeness (QED) is 0.190. The van der Waals surface area contributed by atoms with Gasteiger partial charge in [0.05, 0.1) is 0 Å². The van der Waals surface area contributed by atoms with Gasteiger partial charge in [-0.05, 0) is 105 Å². The van der Waals surface area contributed by atoms with Crippen LogP contribution in [0.2, 0.25) is 0 Å². The van der Waals surface area contributed by atoms with E-state index in [1.807, 2.05) is 0 Å². The molecule has 0 aliphatic carbocycles.